The zero-order chi connectivity index (χ0) is 18.3. The number of hydrogen-bond acceptors (Lipinski definition) is 6. The molecule has 0 fully saturated rings. The predicted octanol–water partition coefficient (Wildman–Crippen LogP) is 1.87. The molecule has 134 valence electrons. The molecule has 0 aromatic carbocycles. The first-order valence-corrected chi connectivity index (χ1v) is 8.53. The lowest BCUT2D eigenvalue weighted by Gasteiger charge is -2.10. The van der Waals surface area contributed by atoms with Crippen LogP contribution in [0.4, 0.5) is 5.00 Å². The molecule has 1 heterocycles. The quantitative estimate of drug-likeness (QED) is 0.429. The van der Waals surface area contributed by atoms with E-state index in [1.165, 1.54) is 23.3 Å². The average Bonchev–Trinajstić information content (AvgIpc) is 2.86. The third kappa shape index (κ3) is 5.15. The highest BCUT2D eigenvalue weighted by Crippen LogP contribution is 2.34. The van der Waals surface area contributed by atoms with Gasteiger partial charge in [-0.25, -0.2) is 4.79 Å². The second-order valence-electron chi connectivity index (χ2n) is 5.18. The number of anilines is 1. The topological polar surface area (TPSA) is 79.9 Å². The standard InChI is InChI=1S/C15H23N3O4S2/c1-9-10(14(20)22-5)12(24-11(9)13(19)18(2)3)17-15(23)16-7-6-8-21-4/h6-8H2,1-5H3,(H2,16,17,23). The molecule has 0 spiro atoms. The molecule has 0 aliphatic carbocycles. The molecule has 2 N–H and O–H groups in total. The van der Waals surface area contributed by atoms with Crippen LogP contribution in [0, 0.1) is 6.92 Å². The van der Waals surface area contributed by atoms with Crippen LogP contribution >= 0.6 is 23.6 Å². The number of nitrogens with zero attached hydrogens (tertiary/aromatic N) is 1. The van der Waals surface area contributed by atoms with Crippen LogP contribution < -0.4 is 10.6 Å². The van der Waals surface area contributed by atoms with E-state index in [-0.39, 0.29) is 5.91 Å². The van der Waals surface area contributed by atoms with Gasteiger partial charge in [-0.3, -0.25) is 4.79 Å². The van der Waals surface area contributed by atoms with E-state index in [2.05, 4.69) is 10.6 Å². The number of thiophene rings is 1. The molecule has 0 saturated carbocycles. The lowest BCUT2D eigenvalue weighted by molar-refractivity contribution is 0.0601. The number of hydrogen-bond donors (Lipinski definition) is 2. The Kier molecular flexibility index (Phi) is 8.09. The van der Waals surface area contributed by atoms with Gasteiger partial charge in [-0.2, -0.15) is 0 Å². The van der Waals surface area contributed by atoms with E-state index < -0.39 is 5.97 Å². The molecule has 0 saturated heterocycles. The Balaban J connectivity index is 2.99. The van der Waals surface area contributed by atoms with Crippen molar-refractivity contribution in [3.05, 3.63) is 16.0 Å². The smallest absolute Gasteiger partial charge is 0.341 e. The molecule has 0 aliphatic rings. The summed E-state index contributed by atoms with van der Waals surface area (Å²) in [5, 5.41) is 6.89. The molecule has 7 nitrogen and oxygen atoms in total. The van der Waals surface area contributed by atoms with Gasteiger partial charge in [-0.05, 0) is 31.1 Å². The van der Waals surface area contributed by atoms with Crippen molar-refractivity contribution < 1.29 is 19.1 Å². The summed E-state index contributed by atoms with van der Waals surface area (Å²) in [5.41, 5.74) is 0.906. The third-order valence-electron chi connectivity index (χ3n) is 3.17. The molecule has 0 aliphatic heterocycles. The number of esters is 1. The number of thiocarbonyl (C=S) groups is 1. The number of ether oxygens (including phenoxy) is 2. The van der Waals surface area contributed by atoms with Crippen LogP contribution in [0.2, 0.25) is 0 Å². The Labute approximate surface area is 151 Å². The Morgan fingerprint density at radius 1 is 1.29 bits per heavy atom. The summed E-state index contributed by atoms with van der Waals surface area (Å²) in [6, 6.07) is 0. The number of carbonyl (C=O) groups is 2. The van der Waals surface area contributed by atoms with Gasteiger partial charge in [0.15, 0.2) is 5.11 Å². The van der Waals surface area contributed by atoms with Gasteiger partial charge in [0.2, 0.25) is 0 Å². The summed E-state index contributed by atoms with van der Waals surface area (Å²) in [6.07, 6.45) is 0.802. The molecule has 1 amide bonds. The van der Waals surface area contributed by atoms with Crippen molar-refractivity contribution in [1.29, 1.82) is 0 Å². The lowest BCUT2D eigenvalue weighted by atomic mass is 10.1. The molecule has 0 atom stereocenters. The second-order valence-corrected chi connectivity index (χ2v) is 6.61. The van der Waals surface area contributed by atoms with E-state index >= 15 is 0 Å². The van der Waals surface area contributed by atoms with Gasteiger partial charge < -0.3 is 25.0 Å². The molecule has 24 heavy (non-hydrogen) atoms. The molecule has 9 heteroatoms. The van der Waals surface area contributed by atoms with Crippen molar-refractivity contribution in [3.8, 4) is 0 Å². The van der Waals surface area contributed by atoms with Gasteiger partial charge in [0, 0.05) is 34.4 Å². The summed E-state index contributed by atoms with van der Waals surface area (Å²) in [6.45, 7) is 2.99. The van der Waals surface area contributed by atoms with Crippen LogP contribution in [-0.4, -0.2) is 63.4 Å². The minimum Gasteiger partial charge on any atom is -0.465 e. The first-order valence-electron chi connectivity index (χ1n) is 7.30. The Bertz CT molecular complexity index is 614. The van der Waals surface area contributed by atoms with Gasteiger partial charge in [0.25, 0.3) is 5.91 Å². The lowest BCUT2D eigenvalue weighted by Crippen LogP contribution is -2.30. The second kappa shape index (κ2) is 9.55. The van der Waals surface area contributed by atoms with Crippen LogP contribution in [0.1, 0.15) is 32.0 Å². The fourth-order valence-corrected chi connectivity index (χ4v) is 3.41. The minimum absolute atomic E-state index is 0.172. The fraction of sp³-hybridized carbons (Fsp3) is 0.533. The van der Waals surface area contributed by atoms with E-state index in [0.29, 0.717) is 39.3 Å². The van der Waals surface area contributed by atoms with Crippen molar-refractivity contribution >= 4 is 45.5 Å². The Hall–Kier alpha value is -1.71. The molecular formula is C15H23N3O4S2. The summed E-state index contributed by atoms with van der Waals surface area (Å²) < 4.78 is 9.80. The monoisotopic (exact) mass is 373 g/mol. The van der Waals surface area contributed by atoms with E-state index in [1.54, 1.807) is 28.1 Å². The van der Waals surface area contributed by atoms with Crippen LogP contribution in [0.5, 0.6) is 0 Å². The van der Waals surface area contributed by atoms with E-state index in [0.717, 1.165) is 6.42 Å². The van der Waals surface area contributed by atoms with Crippen molar-refractivity contribution in [1.82, 2.24) is 10.2 Å². The number of methoxy groups -OCH3 is 2. The summed E-state index contributed by atoms with van der Waals surface area (Å²) in [7, 11) is 6.26. The molecule has 1 rings (SSSR count). The van der Waals surface area contributed by atoms with Gasteiger partial charge in [0.05, 0.1) is 17.6 Å². The van der Waals surface area contributed by atoms with E-state index in [9.17, 15) is 9.59 Å². The maximum Gasteiger partial charge on any atom is 0.341 e. The largest absolute Gasteiger partial charge is 0.465 e. The maximum atomic E-state index is 12.3. The Morgan fingerprint density at radius 2 is 1.96 bits per heavy atom. The fourth-order valence-electron chi connectivity index (χ4n) is 1.92. The van der Waals surface area contributed by atoms with Crippen LogP contribution in [0.15, 0.2) is 0 Å². The van der Waals surface area contributed by atoms with Crippen molar-refractivity contribution in [2.24, 2.45) is 0 Å². The van der Waals surface area contributed by atoms with Crippen molar-refractivity contribution in [3.63, 3.8) is 0 Å². The van der Waals surface area contributed by atoms with Crippen LogP contribution in [-0.2, 0) is 9.47 Å². The first-order chi connectivity index (χ1) is 11.3. The molecule has 1 aromatic rings. The highest BCUT2D eigenvalue weighted by molar-refractivity contribution is 7.80. The van der Waals surface area contributed by atoms with Crippen LogP contribution in [0.25, 0.3) is 0 Å². The van der Waals surface area contributed by atoms with Crippen LogP contribution in [0.3, 0.4) is 0 Å². The zero-order valence-corrected chi connectivity index (χ0v) is 16.2. The molecule has 0 bridgehead atoms. The molecule has 0 radical (unpaired) electrons. The van der Waals surface area contributed by atoms with Gasteiger partial charge in [0.1, 0.15) is 5.00 Å². The van der Waals surface area contributed by atoms with Crippen molar-refractivity contribution in [2.45, 2.75) is 13.3 Å². The third-order valence-corrected chi connectivity index (χ3v) is 4.62. The van der Waals surface area contributed by atoms with E-state index in [1.807, 2.05) is 0 Å². The predicted molar refractivity (Wildman–Crippen MR) is 99.1 cm³/mol. The van der Waals surface area contributed by atoms with Gasteiger partial charge >= 0.3 is 5.97 Å². The summed E-state index contributed by atoms with van der Waals surface area (Å²) in [5.74, 6) is -0.680. The molecular weight excluding hydrogens is 350 g/mol. The highest BCUT2D eigenvalue weighted by Gasteiger charge is 2.26. The first kappa shape index (κ1) is 20.3. The number of rotatable bonds is 7. The maximum absolute atomic E-state index is 12.3. The van der Waals surface area contributed by atoms with Gasteiger partial charge in [-0.1, -0.05) is 0 Å². The zero-order valence-electron chi connectivity index (χ0n) is 14.5. The number of nitrogens with one attached hydrogen (secondary N) is 2. The van der Waals surface area contributed by atoms with Gasteiger partial charge in [-0.15, -0.1) is 11.3 Å². The number of carbonyl (C=O) groups excluding carboxylic acids is 2. The normalized spacial score (nSPS) is 10.2. The SMILES string of the molecule is COCCCNC(=S)Nc1sc(C(=O)N(C)C)c(C)c1C(=O)OC. The Morgan fingerprint density at radius 3 is 2.50 bits per heavy atom. The average molecular weight is 374 g/mol. The number of amides is 1. The minimum atomic E-state index is -0.508. The summed E-state index contributed by atoms with van der Waals surface area (Å²) in [4.78, 5) is 26.3. The highest BCUT2D eigenvalue weighted by atomic mass is 32.1. The van der Waals surface area contributed by atoms with Crippen molar-refractivity contribution in [2.75, 3.05) is 46.8 Å². The molecule has 1 aromatic heterocycles. The molecule has 0 unspecified atom stereocenters. The summed E-state index contributed by atoms with van der Waals surface area (Å²) >= 11 is 6.42. The van der Waals surface area contributed by atoms with E-state index in [4.69, 9.17) is 21.7 Å².